The predicted octanol–water partition coefficient (Wildman–Crippen LogP) is 4.53. The lowest BCUT2D eigenvalue weighted by Crippen LogP contribution is -2.36. The zero-order valence-corrected chi connectivity index (χ0v) is 19.9. The molecule has 10 nitrogen and oxygen atoms in total. The number of methoxy groups -OCH3 is 2. The number of ether oxygens (including phenoxy) is 2. The lowest BCUT2D eigenvalue weighted by atomic mass is 9.73. The molecule has 0 spiro atoms. The number of carbonyl (C=O) groups is 1. The van der Waals surface area contributed by atoms with Gasteiger partial charge in [0, 0.05) is 41.0 Å². The topological polar surface area (TPSA) is 121 Å². The van der Waals surface area contributed by atoms with Gasteiger partial charge < -0.3 is 14.8 Å². The van der Waals surface area contributed by atoms with Crippen LogP contribution in [0.5, 0.6) is 11.5 Å². The molecular formula is C25H25N5O5. The second-order valence-electron chi connectivity index (χ2n) is 9.45. The van der Waals surface area contributed by atoms with Gasteiger partial charge in [0.25, 0.3) is 5.69 Å². The molecule has 0 radical (unpaired) electrons. The highest BCUT2D eigenvalue weighted by molar-refractivity contribution is 6.00. The highest BCUT2D eigenvalue weighted by atomic mass is 16.6. The van der Waals surface area contributed by atoms with Crippen molar-refractivity contribution in [2.45, 2.75) is 32.7 Å². The van der Waals surface area contributed by atoms with Gasteiger partial charge in [0.2, 0.25) is 5.95 Å². The number of ketones is 1. The van der Waals surface area contributed by atoms with Crippen molar-refractivity contribution in [2.24, 2.45) is 5.41 Å². The molecule has 3 aromatic rings. The maximum absolute atomic E-state index is 13.5. The second kappa shape index (κ2) is 8.23. The fourth-order valence-electron chi connectivity index (χ4n) is 4.88. The Morgan fingerprint density at radius 1 is 1.11 bits per heavy atom. The summed E-state index contributed by atoms with van der Waals surface area (Å²) in [7, 11) is 3.13. The average Bonchev–Trinajstić information content (AvgIpc) is 3.25. The molecule has 0 amide bonds. The number of nitrogens with one attached hydrogen (secondary N) is 1. The van der Waals surface area contributed by atoms with Gasteiger partial charge in [0.15, 0.2) is 23.1 Å². The van der Waals surface area contributed by atoms with Crippen LogP contribution >= 0.6 is 0 Å². The highest BCUT2D eigenvalue weighted by Crippen LogP contribution is 2.48. The van der Waals surface area contributed by atoms with Gasteiger partial charge in [-0.05, 0) is 30.0 Å². The smallest absolute Gasteiger partial charge is 0.269 e. The predicted molar refractivity (Wildman–Crippen MR) is 128 cm³/mol. The molecule has 10 heteroatoms. The number of nitro groups is 1. The fourth-order valence-corrected chi connectivity index (χ4v) is 4.88. The Labute approximate surface area is 201 Å². The van der Waals surface area contributed by atoms with Crippen LogP contribution in [-0.2, 0) is 4.79 Å². The minimum Gasteiger partial charge on any atom is -0.493 e. The molecule has 2 heterocycles. The minimum atomic E-state index is -0.575. The second-order valence-corrected chi connectivity index (χ2v) is 9.45. The Kier molecular flexibility index (Phi) is 5.31. The number of carbonyl (C=O) groups excluding carboxylic acids is 1. The molecule has 0 fully saturated rings. The SMILES string of the molecule is COc1cccc(C2C3=C(CC(C)(C)CC3=O)Nc3nc(-c4ccc([N+](=O)[O-])cc4)nn32)c1OC. The van der Waals surface area contributed by atoms with Crippen LogP contribution < -0.4 is 14.8 Å². The van der Waals surface area contributed by atoms with E-state index in [1.54, 1.807) is 37.1 Å². The Morgan fingerprint density at radius 2 is 1.86 bits per heavy atom. The van der Waals surface area contributed by atoms with Crippen molar-refractivity contribution in [2.75, 3.05) is 19.5 Å². The summed E-state index contributed by atoms with van der Waals surface area (Å²) in [6.45, 7) is 4.14. The zero-order chi connectivity index (χ0) is 24.9. The monoisotopic (exact) mass is 475 g/mol. The Morgan fingerprint density at radius 3 is 2.51 bits per heavy atom. The molecule has 35 heavy (non-hydrogen) atoms. The molecule has 1 aliphatic carbocycles. The standard InChI is InChI=1S/C25H25N5O5/c1-25(2)12-17-20(18(31)13-25)21(16-6-5-7-19(34-3)22(16)35-4)29-24(26-17)27-23(28-29)14-8-10-15(11-9-14)30(32)33/h5-11,21H,12-13H2,1-4H3,(H,26,27,28). The molecule has 0 saturated heterocycles. The number of hydrogen-bond donors (Lipinski definition) is 1. The van der Waals surface area contributed by atoms with Crippen molar-refractivity contribution in [3.8, 4) is 22.9 Å². The van der Waals surface area contributed by atoms with E-state index in [-0.39, 0.29) is 16.9 Å². The normalized spacial score (nSPS) is 18.4. The van der Waals surface area contributed by atoms with Crippen LogP contribution in [-0.4, -0.2) is 39.7 Å². The molecule has 1 atom stereocenters. The van der Waals surface area contributed by atoms with Gasteiger partial charge in [-0.15, -0.1) is 5.10 Å². The van der Waals surface area contributed by atoms with Crippen molar-refractivity contribution in [1.82, 2.24) is 14.8 Å². The van der Waals surface area contributed by atoms with Crippen molar-refractivity contribution in [3.63, 3.8) is 0 Å². The van der Waals surface area contributed by atoms with E-state index in [0.717, 1.165) is 11.3 Å². The number of rotatable bonds is 5. The molecule has 5 rings (SSSR count). The number of para-hydroxylation sites is 1. The van der Waals surface area contributed by atoms with Gasteiger partial charge in [-0.2, -0.15) is 4.98 Å². The third-order valence-corrected chi connectivity index (χ3v) is 6.40. The van der Waals surface area contributed by atoms with E-state index in [1.807, 2.05) is 12.1 Å². The first-order valence-electron chi connectivity index (χ1n) is 11.2. The van der Waals surface area contributed by atoms with E-state index in [0.29, 0.717) is 47.2 Å². The maximum atomic E-state index is 13.5. The fraction of sp³-hybridized carbons (Fsp3) is 0.320. The summed E-state index contributed by atoms with van der Waals surface area (Å²) < 4.78 is 12.9. The lowest BCUT2D eigenvalue weighted by Gasteiger charge is -2.38. The van der Waals surface area contributed by atoms with Gasteiger partial charge in [-0.1, -0.05) is 26.0 Å². The Bertz CT molecular complexity index is 1370. The third-order valence-electron chi connectivity index (χ3n) is 6.40. The number of nitro benzene ring substituents is 1. The van der Waals surface area contributed by atoms with E-state index in [2.05, 4.69) is 24.1 Å². The van der Waals surface area contributed by atoms with Gasteiger partial charge >= 0.3 is 0 Å². The van der Waals surface area contributed by atoms with Gasteiger partial charge in [0.05, 0.1) is 19.1 Å². The number of nitrogens with zero attached hydrogens (tertiary/aromatic N) is 4. The van der Waals surface area contributed by atoms with Crippen molar-refractivity contribution >= 4 is 17.4 Å². The molecule has 1 N–H and O–H groups in total. The summed E-state index contributed by atoms with van der Waals surface area (Å²) in [5.41, 5.74) is 2.59. The van der Waals surface area contributed by atoms with E-state index >= 15 is 0 Å². The summed E-state index contributed by atoms with van der Waals surface area (Å²) in [4.78, 5) is 28.8. The Balaban J connectivity index is 1.69. The zero-order valence-electron chi connectivity index (χ0n) is 19.9. The molecule has 1 aliphatic heterocycles. The number of fused-ring (bicyclic) bond motifs is 1. The van der Waals surface area contributed by atoms with E-state index in [4.69, 9.17) is 14.6 Å². The average molecular weight is 476 g/mol. The van der Waals surface area contributed by atoms with Crippen LogP contribution in [0.15, 0.2) is 53.7 Å². The van der Waals surface area contributed by atoms with Crippen LogP contribution in [0.4, 0.5) is 11.6 Å². The number of aromatic nitrogens is 3. The van der Waals surface area contributed by atoms with Crippen LogP contribution in [0.1, 0.15) is 38.3 Å². The largest absolute Gasteiger partial charge is 0.493 e. The van der Waals surface area contributed by atoms with E-state index in [9.17, 15) is 14.9 Å². The van der Waals surface area contributed by atoms with Crippen LogP contribution in [0.2, 0.25) is 0 Å². The molecular weight excluding hydrogens is 450 g/mol. The third kappa shape index (κ3) is 3.80. The number of hydrogen-bond acceptors (Lipinski definition) is 8. The summed E-state index contributed by atoms with van der Waals surface area (Å²) >= 11 is 0. The highest BCUT2D eigenvalue weighted by Gasteiger charge is 2.43. The van der Waals surface area contributed by atoms with Crippen molar-refractivity contribution in [3.05, 3.63) is 69.4 Å². The number of non-ortho nitro benzene ring substituents is 1. The van der Waals surface area contributed by atoms with Gasteiger partial charge in [0.1, 0.15) is 6.04 Å². The molecule has 0 saturated carbocycles. The molecule has 2 aliphatic rings. The first kappa shape index (κ1) is 22.6. The van der Waals surface area contributed by atoms with Crippen LogP contribution in [0, 0.1) is 15.5 Å². The van der Waals surface area contributed by atoms with Gasteiger partial charge in [-0.3, -0.25) is 14.9 Å². The van der Waals surface area contributed by atoms with Crippen molar-refractivity contribution < 1.29 is 19.2 Å². The quantitative estimate of drug-likeness (QED) is 0.422. The first-order chi connectivity index (χ1) is 16.7. The number of allylic oxidation sites excluding steroid dienone is 2. The van der Waals surface area contributed by atoms with Crippen molar-refractivity contribution in [1.29, 1.82) is 0 Å². The molecule has 2 aromatic carbocycles. The first-order valence-corrected chi connectivity index (χ1v) is 11.2. The number of Topliss-reactive ketones (excluding diaryl/α,β-unsaturated/α-hetero) is 1. The summed E-state index contributed by atoms with van der Waals surface area (Å²) in [6, 6.07) is 11.0. The van der Waals surface area contributed by atoms with E-state index in [1.165, 1.54) is 12.1 Å². The number of benzene rings is 2. The van der Waals surface area contributed by atoms with E-state index < -0.39 is 11.0 Å². The van der Waals surface area contributed by atoms with Gasteiger partial charge in [-0.25, -0.2) is 4.68 Å². The summed E-state index contributed by atoms with van der Waals surface area (Å²) in [5.74, 6) is 1.98. The van der Waals surface area contributed by atoms with Crippen LogP contribution in [0.25, 0.3) is 11.4 Å². The summed E-state index contributed by atoms with van der Waals surface area (Å²) in [6.07, 6.45) is 1.09. The minimum absolute atomic E-state index is 0.0141. The van der Waals surface area contributed by atoms with Crippen LogP contribution in [0.3, 0.4) is 0 Å². The molecule has 0 bridgehead atoms. The molecule has 1 unspecified atom stereocenters. The number of anilines is 1. The summed E-state index contributed by atoms with van der Waals surface area (Å²) in [5, 5.41) is 19.1. The lowest BCUT2D eigenvalue weighted by molar-refractivity contribution is -0.384. The molecule has 1 aromatic heterocycles. The maximum Gasteiger partial charge on any atom is 0.269 e. The Hall–Kier alpha value is -4.21. The molecule has 180 valence electrons.